The summed E-state index contributed by atoms with van der Waals surface area (Å²) in [5.74, 6) is -3.48. The summed E-state index contributed by atoms with van der Waals surface area (Å²) in [7, 11) is 0. The molecule has 0 unspecified atom stereocenters. The Labute approximate surface area is 319 Å². The van der Waals surface area contributed by atoms with Crippen LogP contribution < -0.4 is 0 Å². The number of aromatic hydroxyl groups is 4. The average Bonchev–Trinajstić information content (AvgIpc) is 3.45. The molecule has 0 spiro atoms. The molecule has 5 rings (SSSR count). The lowest BCUT2D eigenvalue weighted by atomic mass is 9.96. The van der Waals surface area contributed by atoms with Crippen molar-refractivity contribution in [3.63, 3.8) is 0 Å². The van der Waals surface area contributed by atoms with Crippen LogP contribution in [0.3, 0.4) is 0 Å². The molecule has 0 bridgehead atoms. The van der Waals surface area contributed by atoms with Crippen molar-refractivity contribution in [3.05, 3.63) is 53.6 Å². The molecule has 20 heteroatoms. The van der Waals surface area contributed by atoms with Crippen molar-refractivity contribution >= 4 is 18.0 Å². The van der Waals surface area contributed by atoms with E-state index in [2.05, 4.69) is 0 Å². The van der Waals surface area contributed by atoms with Crippen molar-refractivity contribution in [2.75, 3.05) is 26.4 Å². The van der Waals surface area contributed by atoms with E-state index in [4.69, 9.17) is 37.9 Å². The number of benzene rings is 2. The van der Waals surface area contributed by atoms with Crippen LogP contribution in [0.25, 0.3) is 6.08 Å². The Hall–Kier alpha value is -4.16. The van der Waals surface area contributed by atoms with Gasteiger partial charge in [-0.05, 0) is 54.8 Å². The van der Waals surface area contributed by atoms with Crippen molar-refractivity contribution in [3.8, 4) is 23.0 Å². The molecule has 0 amide bonds. The molecule has 2 aromatic carbocycles. The maximum Gasteiger partial charge on any atom is 0.331 e. The van der Waals surface area contributed by atoms with Gasteiger partial charge in [0.05, 0.1) is 25.9 Å². The van der Waals surface area contributed by atoms with Gasteiger partial charge in [0, 0.05) is 13.0 Å². The number of hydrogen-bond donors (Lipinski definition) is 10. The molecule has 56 heavy (non-hydrogen) atoms. The molecule has 20 nitrogen and oxygen atoms in total. The van der Waals surface area contributed by atoms with Crippen LogP contribution >= 0.6 is 0 Å². The molecular weight excluding hydrogens is 752 g/mol. The van der Waals surface area contributed by atoms with E-state index in [9.17, 15) is 60.7 Å². The van der Waals surface area contributed by atoms with Crippen LogP contribution in [0.2, 0.25) is 0 Å². The number of hydrogen-bond acceptors (Lipinski definition) is 20. The third-order valence-electron chi connectivity index (χ3n) is 9.39. The molecule has 3 heterocycles. The minimum Gasteiger partial charge on any atom is -0.504 e. The molecule has 0 aliphatic carbocycles. The van der Waals surface area contributed by atoms with Gasteiger partial charge in [0.2, 0.25) is 0 Å². The van der Waals surface area contributed by atoms with Gasteiger partial charge in [-0.15, -0.1) is 0 Å². The van der Waals surface area contributed by atoms with E-state index in [1.165, 1.54) is 43.3 Å². The van der Waals surface area contributed by atoms with E-state index in [-0.39, 0.29) is 24.3 Å². The Bertz CT molecular complexity index is 1690. The second-order valence-electron chi connectivity index (χ2n) is 13.5. The molecule has 3 aliphatic heterocycles. The lowest BCUT2D eigenvalue weighted by molar-refractivity contribution is -0.375. The normalized spacial score (nSPS) is 34.7. The highest BCUT2D eigenvalue weighted by Crippen LogP contribution is 2.36. The van der Waals surface area contributed by atoms with Crippen molar-refractivity contribution in [2.24, 2.45) is 0 Å². The molecule has 0 aromatic heterocycles. The van der Waals surface area contributed by atoms with Crippen molar-refractivity contribution < 1.29 is 98.5 Å². The molecule has 2 aromatic rings. The Balaban J connectivity index is 1.53. The Morgan fingerprint density at radius 1 is 0.839 bits per heavy atom. The summed E-state index contributed by atoms with van der Waals surface area (Å²) in [6.07, 6.45) is -17.6. The van der Waals surface area contributed by atoms with Crippen molar-refractivity contribution in [1.82, 2.24) is 0 Å². The summed E-state index contributed by atoms with van der Waals surface area (Å²) in [5, 5.41) is 103. The fourth-order valence-electron chi connectivity index (χ4n) is 6.13. The topological polar surface area (TPSA) is 310 Å². The van der Waals surface area contributed by atoms with E-state index in [0.717, 1.165) is 19.1 Å². The standard InChI is InChI=1S/C36H46O20/c1-16-26(44)27(45)28(46)33(52-16)55-30-29(54-25(43)8-5-18-3-6-20(39)22(41)11-18)24(13-50-17(2)38)53-34(49-10-9-19-4-7-21(40)23(42)12-19)31(30)56-35-32(47)36(48,14-37)15-51-35/h3-8,11-12,16,24,26-35,37,39-42,44-48H,9-10,13-15H2,1-2H3/b8-5+/t16-,24+,26-,27+,28+,29+,30-,31+,32+,33-,34+,35-,36+/m0/s1. The summed E-state index contributed by atoms with van der Waals surface area (Å²) in [5.41, 5.74) is -1.41. The monoisotopic (exact) mass is 798 g/mol. The molecule has 13 atom stereocenters. The van der Waals surface area contributed by atoms with Crippen LogP contribution in [0.1, 0.15) is 25.0 Å². The Kier molecular flexibility index (Phi) is 14.1. The van der Waals surface area contributed by atoms with Crippen LogP contribution in [-0.2, 0) is 53.9 Å². The van der Waals surface area contributed by atoms with Gasteiger partial charge in [-0.1, -0.05) is 12.1 Å². The van der Waals surface area contributed by atoms with Gasteiger partial charge >= 0.3 is 11.9 Å². The zero-order valence-electron chi connectivity index (χ0n) is 30.1. The number of esters is 2. The summed E-state index contributed by atoms with van der Waals surface area (Å²) < 4.78 is 46.7. The van der Waals surface area contributed by atoms with Crippen LogP contribution in [0, 0.1) is 0 Å². The molecule has 310 valence electrons. The Morgan fingerprint density at radius 2 is 1.52 bits per heavy atom. The third-order valence-corrected chi connectivity index (χ3v) is 9.39. The van der Waals surface area contributed by atoms with Gasteiger partial charge < -0.3 is 89.0 Å². The van der Waals surface area contributed by atoms with Crippen molar-refractivity contribution in [1.29, 1.82) is 0 Å². The number of carbonyl (C=O) groups excluding carboxylic acids is 2. The Morgan fingerprint density at radius 3 is 2.16 bits per heavy atom. The number of ether oxygens (including phenoxy) is 8. The minimum absolute atomic E-state index is 0.0927. The summed E-state index contributed by atoms with van der Waals surface area (Å²) in [4.78, 5) is 25.4. The molecule has 10 N–H and O–H groups in total. The van der Waals surface area contributed by atoms with Gasteiger partial charge in [0.25, 0.3) is 0 Å². The molecule has 0 radical (unpaired) electrons. The zero-order chi connectivity index (χ0) is 40.9. The van der Waals surface area contributed by atoms with Crippen LogP contribution in [0.5, 0.6) is 23.0 Å². The lowest BCUT2D eigenvalue weighted by Crippen LogP contribution is -2.66. The van der Waals surface area contributed by atoms with Gasteiger partial charge in [0.15, 0.2) is 48.0 Å². The van der Waals surface area contributed by atoms with Gasteiger partial charge in [-0.3, -0.25) is 4.79 Å². The number of carbonyl (C=O) groups is 2. The highest BCUT2D eigenvalue weighted by Gasteiger charge is 2.57. The van der Waals surface area contributed by atoms with Crippen LogP contribution in [0.4, 0.5) is 0 Å². The minimum atomic E-state index is -2.18. The highest BCUT2D eigenvalue weighted by atomic mass is 16.8. The van der Waals surface area contributed by atoms with E-state index in [1.54, 1.807) is 0 Å². The smallest absolute Gasteiger partial charge is 0.331 e. The fraction of sp³-hybridized carbons (Fsp3) is 0.556. The van der Waals surface area contributed by atoms with E-state index >= 15 is 0 Å². The number of phenols is 4. The molecular formula is C36H46O20. The predicted octanol–water partition coefficient (Wildman–Crippen LogP) is -1.98. The number of aliphatic hydroxyl groups excluding tert-OH is 5. The fourth-order valence-corrected chi connectivity index (χ4v) is 6.13. The molecule has 3 aliphatic rings. The SMILES string of the molecule is CC(=O)OC[C@H]1O[C@@H](OCCc2ccc(O)c(O)c2)[C@H](O[C@@H]2OC[C@](O)(CO)[C@@H]2O)[C@@H](O[C@@H]2O[C@@H](C)[C@H](O)[C@@H](O)[C@H]2O)[C@@H]1OC(=O)/C=C/c1ccc(O)c(O)c1. The average molecular weight is 799 g/mol. The second-order valence-corrected chi connectivity index (χ2v) is 13.5. The van der Waals surface area contributed by atoms with Gasteiger partial charge in [0.1, 0.15) is 54.9 Å². The molecule has 3 saturated heterocycles. The lowest BCUT2D eigenvalue weighted by Gasteiger charge is -2.48. The largest absolute Gasteiger partial charge is 0.504 e. The first kappa shape index (κ1) is 43.0. The quantitative estimate of drug-likeness (QED) is 0.0562. The third kappa shape index (κ3) is 10.0. The van der Waals surface area contributed by atoms with Gasteiger partial charge in [-0.25, -0.2) is 4.79 Å². The van der Waals surface area contributed by atoms with E-state index < -0.39 is 128 Å². The maximum atomic E-state index is 13.4. The molecule has 0 saturated carbocycles. The predicted molar refractivity (Wildman–Crippen MR) is 183 cm³/mol. The highest BCUT2D eigenvalue weighted by molar-refractivity contribution is 5.87. The van der Waals surface area contributed by atoms with Gasteiger partial charge in [-0.2, -0.15) is 0 Å². The zero-order valence-corrected chi connectivity index (χ0v) is 30.1. The van der Waals surface area contributed by atoms with E-state index in [0.29, 0.717) is 5.56 Å². The number of rotatable bonds is 14. The van der Waals surface area contributed by atoms with Crippen molar-refractivity contribution in [2.45, 2.75) is 99.7 Å². The first-order chi connectivity index (χ1) is 26.5. The van der Waals surface area contributed by atoms with Crippen LogP contribution in [0.15, 0.2) is 42.5 Å². The first-order valence-corrected chi connectivity index (χ1v) is 17.5. The maximum absolute atomic E-state index is 13.4. The second kappa shape index (κ2) is 18.4. The van der Waals surface area contributed by atoms with E-state index in [1.807, 2.05) is 0 Å². The molecule has 3 fully saturated rings. The first-order valence-electron chi connectivity index (χ1n) is 17.5. The summed E-state index contributed by atoms with van der Waals surface area (Å²) >= 11 is 0. The van der Waals surface area contributed by atoms with Crippen LogP contribution in [-0.4, -0.2) is 169 Å². The number of phenolic OH excluding ortho intramolecular Hbond substituents is 4. The summed E-state index contributed by atoms with van der Waals surface area (Å²) in [6.45, 7) is 0.147. The number of aliphatic hydroxyl groups is 6. The summed E-state index contributed by atoms with van der Waals surface area (Å²) in [6, 6.07) is 7.77.